The third kappa shape index (κ3) is 3.85. The molecule has 88 valence electrons. The monoisotopic (exact) mass is 242 g/mol. The Morgan fingerprint density at radius 3 is 2.81 bits per heavy atom. The average Bonchev–Trinajstić information content (AvgIpc) is 2.28. The first-order valence-electron chi connectivity index (χ1n) is 5.30. The lowest BCUT2D eigenvalue weighted by atomic mass is 10.2. The van der Waals surface area contributed by atoms with Crippen LogP contribution in [-0.4, -0.2) is 12.6 Å². The van der Waals surface area contributed by atoms with Gasteiger partial charge in [-0.1, -0.05) is 19.8 Å². The largest absolute Gasteiger partial charge is 0.462 e. The molecular weight excluding hydrogens is 227 g/mol. The molecule has 1 aromatic carbocycles. The summed E-state index contributed by atoms with van der Waals surface area (Å²) in [6.45, 7) is 2.49. The maximum Gasteiger partial charge on any atom is 0.338 e. The van der Waals surface area contributed by atoms with Crippen LogP contribution in [-0.2, 0) is 4.74 Å². The molecule has 0 aliphatic rings. The van der Waals surface area contributed by atoms with Crippen molar-refractivity contribution >= 4 is 18.6 Å². The van der Waals surface area contributed by atoms with Gasteiger partial charge in [-0.15, -0.1) is 12.6 Å². The highest BCUT2D eigenvalue weighted by molar-refractivity contribution is 7.80. The number of thiol groups is 1. The summed E-state index contributed by atoms with van der Waals surface area (Å²) < 4.78 is 17.9. The van der Waals surface area contributed by atoms with Crippen molar-refractivity contribution in [3.05, 3.63) is 29.6 Å². The van der Waals surface area contributed by atoms with Gasteiger partial charge in [0.15, 0.2) is 0 Å². The van der Waals surface area contributed by atoms with Gasteiger partial charge >= 0.3 is 5.97 Å². The van der Waals surface area contributed by atoms with E-state index in [1.165, 1.54) is 18.2 Å². The first-order valence-corrected chi connectivity index (χ1v) is 5.75. The van der Waals surface area contributed by atoms with Gasteiger partial charge in [-0.05, 0) is 24.6 Å². The second-order valence-corrected chi connectivity index (χ2v) is 3.99. The van der Waals surface area contributed by atoms with Gasteiger partial charge < -0.3 is 4.74 Å². The minimum absolute atomic E-state index is 0.156. The molecule has 0 atom stereocenters. The number of ether oxygens (including phenoxy) is 1. The molecule has 1 aromatic rings. The van der Waals surface area contributed by atoms with Crippen molar-refractivity contribution in [1.29, 1.82) is 0 Å². The zero-order valence-corrected chi connectivity index (χ0v) is 10.1. The number of rotatable bonds is 5. The number of halogens is 1. The van der Waals surface area contributed by atoms with Crippen molar-refractivity contribution < 1.29 is 13.9 Å². The van der Waals surface area contributed by atoms with Crippen LogP contribution >= 0.6 is 12.6 Å². The van der Waals surface area contributed by atoms with Gasteiger partial charge in [0.2, 0.25) is 0 Å². The fraction of sp³-hybridized carbons (Fsp3) is 0.417. The van der Waals surface area contributed by atoms with Crippen LogP contribution in [0.4, 0.5) is 4.39 Å². The molecule has 0 heterocycles. The highest BCUT2D eigenvalue weighted by atomic mass is 32.1. The number of esters is 1. The molecule has 0 spiro atoms. The van der Waals surface area contributed by atoms with Crippen LogP contribution in [0.25, 0.3) is 0 Å². The molecule has 0 saturated carbocycles. The topological polar surface area (TPSA) is 26.3 Å². The van der Waals surface area contributed by atoms with Gasteiger partial charge in [-0.25, -0.2) is 9.18 Å². The smallest absolute Gasteiger partial charge is 0.338 e. The summed E-state index contributed by atoms with van der Waals surface area (Å²) in [6.07, 6.45) is 2.97. The molecule has 1 rings (SSSR count). The molecule has 2 nitrogen and oxygen atoms in total. The molecule has 0 radical (unpaired) electrons. The molecule has 0 aromatic heterocycles. The van der Waals surface area contributed by atoms with E-state index in [4.69, 9.17) is 4.74 Å². The average molecular weight is 242 g/mol. The van der Waals surface area contributed by atoms with Crippen molar-refractivity contribution in [1.82, 2.24) is 0 Å². The van der Waals surface area contributed by atoms with E-state index in [1.807, 2.05) is 0 Å². The lowest BCUT2D eigenvalue weighted by molar-refractivity contribution is 0.0498. The first kappa shape index (κ1) is 13.0. The normalized spacial score (nSPS) is 10.2. The van der Waals surface area contributed by atoms with Crippen LogP contribution in [0.3, 0.4) is 0 Å². The molecule has 0 saturated heterocycles. The number of unbranched alkanes of at least 4 members (excludes halogenated alkanes) is 2. The van der Waals surface area contributed by atoms with Crippen molar-refractivity contribution in [2.75, 3.05) is 6.61 Å². The van der Waals surface area contributed by atoms with Crippen molar-refractivity contribution in [3.8, 4) is 0 Å². The van der Waals surface area contributed by atoms with E-state index in [0.717, 1.165) is 19.3 Å². The SMILES string of the molecule is CCCCCOC(=O)c1ccc(F)c(S)c1. The summed E-state index contributed by atoms with van der Waals surface area (Å²) in [5.74, 6) is -0.864. The Labute approximate surface area is 100 Å². The van der Waals surface area contributed by atoms with E-state index in [1.54, 1.807) is 0 Å². The Hall–Kier alpha value is -1.03. The number of carbonyl (C=O) groups is 1. The molecule has 0 fully saturated rings. The second-order valence-electron chi connectivity index (χ2n) is 3.51. The summed E-state index contributed by atoms with van der Waals surface area (Å²) in [5.41, 5.74) is 0.336. The van der Waals surface area contributed by atoms with E-state index in [-0.39, 0.29) is 4.90 Å². The minimum Gasteiger partial charge on any atom is -0.462 e. The zero-order chi connectivity index (χ0) is 12.0. The lowest BCUT2D eigenvalue weighted by Crippen LogP contribution is -2.06. The van der Waals surface area contributed by atoms with Gasteiger partial charge in [-0.3, -0.25) is 0 Å². The summed E-state index contributed by atoms with van der Waals surface area (Å²) in [4.78, 5) is 11.6. The molecule has 16 heavy (non-hydrogen) atoms. The van der Waals surface area contributed by atoms with Gasteiger partial charge in [0.05, 0.1) is 12.2 Å². The fourth-order valence-corrected chi connectivity index (χ4v) is 1.45. The third-order valence-electron chi connectivity index (χ3n) is 2.16. The Bertz CT molecular complexity index is 366. The Kier molecular flexibility index (Phi) is 5.32. The quantitative estimate of drug-likeness (QED) is 0.486. The number of hydrogen-bond acceptors (Lipinski definition) is 3. The standard InChI is InChI=1S/C12H15FO2S/c1-2-3-4-7-15-12(14)9-5-6-10(13)11(16)8-9/h5-6,8,16H,2-4,7H2,1H3. The van der Waals surface area contributed by atoms with Crippen LogP contribution in [0.15, 0.2) is 23.1 Å². The van der Waals surface area contributed by atoms with Crippen LogP contribution in [0.1, 0.15) is 36.5 Å². The van der Waals surface area contributed by atoms with Gasteiger partial charge in [0, 0.05) is 4.90 Å². The molecule has 0 amide bonds. The van der Waals surface area contributed by atoms with Crippen molar-refractivity contribution in [2.45, 2.75) is 31.1 Å². The maximum atomic E-state index is 12.9. The summed E-state index contributed by atoms with van der Waals surface area (Å²) >= 11 is 3.90. The first-order chi connectivity index (χ1) is 7.65. The molecule has 0 bridgehead atoms. The highest BCUT2D eigenvalue weighted by Crippen LogP contribution is 2.15. The highest BCUT2D eigenvalue weighted by Gasteiger charge is 2.08. The molecule has 0 unspecified atom stereocenters. The number of carbonyl (C=O) groups excluding carboxylic acids is 1. The van der Waals surface area contributed by atoms with Crippen molar-refractivity contribution in [3.63, 3.8) is 0 Å². The summed E-state index contributed by atoms with van der Waals surface area (Å²) in [5, 5.41) is 0. The minimum atomic E-state index is -0.439. The van der Waals surface area contributed by atoms with Crippen LogP contribution in [0.5, 0.6) is 0 Å². The molecule has 0 aliphatic carbocycles. The predicted octanol–water partition coefficient (Wildman–Crippen LogP) is 3.46. The second kappa shape index (κ2) is 6.53. The van der Waals surface area contributed by atoms with E-state index >= 15 is 0 Å². The Morgan fingerprint density at radius 1 is 1.44 bits per heavy atom. The zero-order valence-electron chi connectivity index (χ0n) is 9.20. The van der Waals surface area contributed by atoms with E-state index in [9.17, 15) is 9.18 Å². The van der Waals surface area contributed by atoms with Crippen LogP contribution in [0, 0.1) is 5.82 Å². The fourth-order valence-electron chi connectivity index (χ4n) is 1.24. The molecule has 4 heteroatoms. The van der Waals surface area contributed by atoms with Crippen molar-refractivity contribution in [2.24, 2.45) is 0 Å². The molecular formula is C12H15FO2S. The maximum absolute atomic E-state index is 12.9. The van der Waals surface area contributed by atoms with Crippen LogP contribution < -0.4 is 0 Å². The molecule has 0 N–H and O–H groups in total. The Morgan fingerprint density at radius 2 is 2.19 bits per heavy atom. The van der Waals surface area contributed by atoms with E-state index in [2.05, 4.69) is 19.6 Å². The van der Waals surface area contributed by atoms with E-state index in [0.29, 0.717) is 12.2 Å². The number of hydrogen-bond donors (Lipinski definition) is 1. The Balaban J connectivity index is 2.50. The van der Waals surface area contributed by atoms with Gasteiger partial charge in [-0.2, -0.15) is 0 Å². The molecule has 0 aliphatic heterocycles. The van der Waals surface area contributed by atoms with Crippen LogP contribution in [0.2, 0.25) is 0 Å². The third-order valence-corrected chi connectivity index (χ3v) is 2.51. The summed E-state index contributed by atoms with van der Waals surface area (Å²) in [7, 11) is 0. The van der Waals surface area contributed by atoms with Gasteiger partial charge in [0.25, 0.3) is 0 Å². The lowest BCUT2D eigenvalue weighted by Gasteiger charge is -2.05. The summed E-state index contributed by atoms with van der Waals surface area (Å²) in [6, 6.07) is 3.99. The number of benzene rings is 1. The van der Waals surface area contributed by atoms with E-state index < -0.39 is 11.8 Å². The van der Waals surface area contributed by atoms with Gasteiger partial charge in [0.1, 0.15) is 5.82 Å². The predicted molar refractivity (Wildman–Crippen MR) is 63.5 cm³/mol.